The highest BCUT2D eigenvalue weighted by atomic mass is 32.1. The summed E-state index contributed by atoms with van der Waals surface area (Å²) in [5, 5.41) is 3.64. The van der Waals surface area contributed by atoms with Crippen molar-refractivity contribution >= 4 is 34.1 Å². The number of hydrogen-bond acceptors (Lipinski definition) is 3. The molecule has 0 aliphatic heterocycles. The highest BCUT2D eigenvalue weighted by molar-refractivity contribution is 7.80. The van der Waals surface area contributed by atoms with Crippen molar-refractivity contribution in [3.63, 3.8) is 0 Å². The predicted molar refractivity (Wildman–Crippen MR) is 74.5 cm³/mol. The van der Waals surface area contributed by atoms with Gasteiger partial charge in [0.2, 0.25) is 0 Å². The van der Waals surface area contributed by atoms with Crippen molar-refractivity contribution in [1.82, 2.24) is 5.32 Å². The van der Waals surface area contributed by atoms with Gasteiger partial charge in [-0.3, -0.25) is 4.79 Å². The molecule has 0 fully saturated rings. The molecule has 18 heavy (non-hydrogen) atoms. The van der Waals surface area contributed by atoms with Gasteiger partial charge in [0.25, 0.3) is 5.91 Å². The number of rotatable bonds is 4. The van der Waals surface area contributed by atoms with Crippen molar-refractivity contribution in [2.45, 2.75) is 19.4 Å². The van der Waals surface area contributed by atoms with Crippen molar-refractivity contribution in [3.8, 4) is 0 Å². The minimum Gasteiger partial charge on any atom is -0.451 e. The van der Waals surface area contributed by atoms with Crippen LogP contribution < -0.4 is 11.1 Å². The first-order chi connectivity index (χ1) is 8.61. The lowest BCUT2D eigenvalue weighted by Crippen LogP contribution is -2.42. The molecule has 5 heteroatoms. The molecular formula is C13H14N2O2S. The molecule has 0 aliphatic rings. The molecule has 2 aromatic rings. The Bertz CT molecular complexity index is 558. The standard InChI is InChI=1S/C13H14N2O2S/c1-2-9(12(14)18)15-13(16)11-7-8-5-3-4-6-10(8)17-11/h3-7,9H,2H2,1H3,(H2,14,18)(H,15,16). The molecule has 94 valence electrons. The highest BCUT2D eigenvalue weighted by Crippen LogP contribution is 2.18. The van der Waals surface area contributed by atoms with Crippen LogP contribution in [0.25, 0.3) is 11.0 Å². The van der Waals surface area contributed by atoms with E-state index in [2.05, 4.69) is 5.32 Å². The Labute approximate surface area is 110 Å². The highest BCUT2D eigenvalue weighted by Gasteiger charge is 2.17. The summed E-state index contributed by atoms with van der Waals surface area (Å²) in [5.74, 6) is -0.0308. The topological polar surface area (TPSA) is 68.3 Å². The minimum absolute atomic E-state index is 0.269. The molecule has 0 spiro atoms. The van der Waals surface area contributed by atoms with Gasteiger partial charge in [0.15, 0.2) is 5.76 Å². The summed E-state index contributed by atoms with van der Waals surface area (Å²) < 4.78 is 5.46. The average Bonchev–Trinajstić information content (AvgIpc) is 2.79. The Morgan fingerprint density at radius 2 is 2.22 bits per heavy atom. The molecule has 0 aliphatic carbocycles. The molecule has 0 saturated heterocycles. The Balaban J connectivity index is 2.20. The maximum Gasteiger partial charge on any atom is 0.287 e. The van der Waals surface area contributed by atoms with Crippen LogP contribution in [0.2, 0.25) is 0 Å². The van der Waals surface area contributed by atoms with E-state index in [-0.39, 0.29) is 22.7 Å². The smallest absolute Gasteiger partial charge is 0.287 e. The second kappa shape index (κ2) is 5.18. The summed E-state index contributed by atoms with van der Waals surface area (Å²) in [4.78, 5) is 12.2. The van der Waals surface area contributed by atoms with E-state index < -0.39 is 0 Å². The van der Waals surface area contributed by atoms with E-state index in [4.69, 9.17) is 22.4 Å². The molecular weight excluding hydrogens is 248 g/mol. The maximum atomic E-state index is 12.0. The normalized spacial score (nSPS) is 12.3. The molecule has 2 rings (SSSR count). The van der Waals surface area contributed by atoms with Gasteiger partial charge in [-0.1, -0.05) is 37.3 Å². The lowest BCUT2D eigenvalue weighted by atomic mass is 10.2. The van der Waals surface area contributed by atoms with Crippen molar-refractivity contribution in [3.05, 3.63) is 36.1 Å². The SMILES string of the molecule is CCC(NC(=O)c1cc2ccccc2o1)C(N)=S. The molecule has 1 unspecified atom stereocenters. The summed E-state index contributed by atoms with van der Waals surface area (Å²) in [5.41, 5.74) is 6.22. The molecule has 3 N–H and O–H groups in total. The first-order valence-electron chi connectivity index (χ1n) is 5.70. The molecule has 1 aromatic carbocycles. The van der Waals surface area contributed by atoms with Gasteiger partial charge in [0.05, 0.1) is 11.0 Å². The number of nitrogens with two attached hydrogens (primary N) is 1. The van der Waals surface area contributed by atoms with E-state index in [1.807, 2.05) is 31.2 Å². The van der Waals surface area contributed by atoms with E-state index >= 15 is 0 Å². The molecule has 1 atom stereocenters. The lowest BCUT2D eigenvalue weighted by Gasteiger charge is -2.13. The number of carbonyl (C=O) groups is 1. The number of thiocarbonyl (C=S) groups is 1. The first kappa shape index (κ1) is 12.6. The van der Waals surface area contributed by atoms with Crippen molar-refractivity contribution in [2.24, 2.45) is 5.73 Å². The molecule has 0 radical (unpaired) electrons. The number of benzene rings is 1. The number of nitrogens with one attached hydrogen (secondary N) is 1. The van der Waals surface area contributed by atoms with Crippen LogP contribution in [-0.2, 0) is 0 Å². The zero-order valence-electron chi connectivity index (χ0n) is 9.97. The molecule has 4 nitrogen and oxygen atoms in total. The van der Waals surface area contributed by atoms with E-state index in [0.717, 1.165) is 5.39 Å². The third kappa shape index (κ3) is 2.51. The fraction of sp³-hybridized carbons (Fsp3) is 0.231. The van der Waals surface area contributed by atoms with Crippen LogP contribution in [0.4, 0.5) is 0 Å². The number of hydrogen-bond donors (Lipinski definition) is 2. The summed E-state index contributed by atoms with van der Waals surface area (Å²) in [6.45, 7) is 1.91. The summed E-state index contributed by atoms with van der Waals surface area (Å²) >= 11 is 4.88. The van der Waals surface area contributed by atoms with Crippen molar-refractivity contribution in [2.75, 3.05) is 0 Å². The number of para-hydroxylation sites is 1. The number of fused-ring (bicyclic) bond motifs is 1. The molecule has 0 bridgehead atoms. The fourth-order valence-corrected chi connectivity index (χ4v) is 1.92. The zero-order valence-corrected chi connectivity index (χ0v) is 10.8. The van der Waals surface area contributed by atoms with Crippen molar-refractivity contribution in [1.29, 1.82) is 0 Å². The lowest BCUT2D eigenvalue weighted by molar-refractivity contribution is 0.0920. The molecule has 1 amide bonds. The van der Waals surface area contributed by atoms with Crippen LogP contribution >= 0.6 is 12.2 Å². The number of amides is 1. The Morgan fingerprint density at radius 3 is 2.83 bits per heavy atom. The van der Waals surface area contributed by atoms with Gasteiger partial charge in [-0.2, -0.15) is 0 Å². The number of furan rings is 1. The van der Waals surface area contributed by atoms with Gasteiger partial charge < -0.3 is 15.5 Å². The minimum atomic E-state index is -0.305. The van der Waals surface area contributed by atoms with Gasteiger partial charge in [-0.05, 0) is 18.6 Å². The van der Waals surface area contributed by atoms with Crippen LogP contribution in [-0.4, -0.2) is 16.9 Å². The molecule has 1 heterocycles. The van der Waals surface area contributed by atoms with E-state index in [1.165, 1.54) is 0 Å². The van der Waals surface area contributed by atoms with Crippen LogP contribution in [0, 0.1) is 0 Å². The van der Waals surface area contributed by atoms with E-state index in [1.54, 1.807) is 6.07 Å². The second-order valence-electron chi connectivity index (χ2n) is 3.99. The first-order valence-corrected chi connectivity index (χ1v) is 6.11. The van der Waals surface area contributed by atoms with Gasteiger partial charge in [-0.15, -0.1) is 0 Å². The maximum absolute atomic E-state index is 12.0. The van der Waals surface area contributed by atoms with E-state index in [9.17, 15) is 4.79 Å². The van der Waals surface area contributed by atoms with Gasteiger partial charge in [0.1, 0.15) is 5.58 Å². The summed E-state index contributed by atoms with van der Waals surface area (Å²) in [7, 11) is 0. The zero-order chi connectivity index (χ0) is 13.1. The average molecular weight is 262 g/mol. The largest absolute Gasteiger partial charge is 0.451 e. The van der Waals surface area contributed by atoms with Crippen LogP contribution in [0.3, 0.4) is 0 Å². The quantitative estimate of drug-likeness (QED) is 0.829. The van der Waals surface area contributed by atoms with Gasteiger partial charge in [-0.25, -0.2) is 0 Å². The Morgan fingerprint density at radius 1 is 1.50 bits per heavy atom. The van der Waals surface area contributed by atoms with Crippen molar-refractivity contribution < 1.29 is 9.21 Å². The molecule has 0 saturated carbocycles. The third-order valence-corrected chi connectivity index (χ3v) is 2.99. The fourth-order valence-electron chi connectivity index (χ4n) is 1.70. The van der Waals surface area contributed by atoms with Gasteiger partial charge >= 0.3 is 0 Å². The van der Waals surface area contributed by atoms with E-state index in [0.29, 0.717) is 12.0 Å². The predicted octanol–water partition coefficient (Wildman–Crippen LogP) is 2.23. The summed E-state index contributed by atoms with van der Waals surface area (Å²) in [6, 6.07) is 8.86. The number of carbonyl (C=O) groups excluding carboxylic acids is 1. The molecule has 1 aromatic heterocycles. The Kier molecular flexibility index (Phi) is 3.62. The second-order valence-corrected chi connectivity index (χ2v) is 4.46. The monoisotopic (exact) mass is 262 g/mol. The Hall–Kier alpha value is -1.88. The van der Waals surface area contributed by atoms with Gasteiger partial charge in [0, 0.05) is 5.39 Å². The van der Waals surface area contributed by atoms with Crippen LogP contribution in [0.15, 0.2) is 34.7 Å². The van der Waals surface area contributed by atoms with Crippen LogP contribution in [0.1, 0.15) is 23.9 Å². The third-order valence-electron chi connectivity index (χ3n) is 2.71. The van der Waals surface area contributed by atoms with Crippen LogP contribution in [0.5, 0.6) is 0 Å². The summed E-state index contributed by atoms with van der Waals surface area (Å²) in [6.07, 6.45) is 0.654.